The van der Waals surface area contributed by atoms with Crippen LogP contribution < -0.4 is 10.2 Å². The lowest BCUT2D eigenvalue weighted by atomic mass is 9.94. The van der Waals surface area contributed by atoms with E-state index in [1.807, 2.05) is 11.9 Å². The van der Waals surface area contributed by atoms with Gasteiger partial charge in [0.1, 0.15) is 0 Å². The summed E-state index contributed by atoms with van der Waals surface area (Å²) in [5.41, 5.74) is -0.125. The summed E-state index contributed by atoms with van der Waals surface area (Å²) in [6.07, 6.45) is 0.136. The van der Waals surface area contributed by atoms with Gasteiger partial charge in [0.25, 0.3) is 0 Å². The van der Waals surface area contributed by atoms with Gasteiger partial charge in [-0.3, -0.25) is 5.32 Å². The van der Waals surface area contributed by atoms with Gasteiger partial charge in [-0.1, -0.05) is 19.3 Å². The average molecular weight is 330 g/mol. The fraction of sp³-hybridized carbons (Fsp3) is 0.562. The molecule has 23 heavy (non-hydrogen) atoms. The maximum absolute atomic E-state index is 12.9. The van der Waals surface area contributed by atoms with Crippen molar-refractivity contribution in [2.45, 2.75) is 44.3 Å². The molecule has 1 amide bonds. The second-order valence-electron chi connectivity index (χ2n) is 5.75. The van der Waals surface area contributed by atoms with Crippen LogP contribution in [-0.2, 0) is 10.9 Å². The van der Waals surface area contributed by atoms with Crippen molar-refractivity contribution >= 4 is 17.5 Å². The molecule has 1 aliphatic carbocycles. The van der Waals surface area contributed by atoms with Gasteiger partial charge in [-0.05, 0) is 31.0 Å². The van der Waals surface area contributed by atoms with E-state index in [1.54, 1.807) is 0 Å². The standard InChI is InChI=1S/C16H21F3N2O2/c1-21(12-6-4-3-5-7-12)14-9-8-11(16(17,18)19)10-13(14)20-15(22)23-2/h8-10,12H,3-7H2,1-2H3,(H,20,22). The number of hydrogen-bond donors (Lipinski definition) is 1. The second-order valence-corrected chi connectivity index (χ2v) is 5.75. The molecule has 0 heterocycles. The Hall–Kier alpha value is -1.92. The van der Waals surface area contributed by atoms with Crippen LogP contribution in [0.2, 0.25) is 0 Å². The second kappa shape index (κ2) is 7.10. The molecule has 0 bridgehead atoms. The van der Waals surface area contributed by atoms with Gasteiger partial charge in [0.15, 0.2) is 0 Å². The number of halogens is 3. The molecular formula is C16H21F3N2O2. The van der Waals surface area contributed by atoms with Crippen molar-refractivity contribution in [3.63, 3.8) is 0 Å². The maximum atomic E-state index is 12.9. The molecule has 0 saturated heterocycles. The zero-order valence-corrected chi connectivity index (χ0v) is 13.2. The smallest absolute Gasteiger partial charge is 0.416 e. The molecule has 1 aromatic carbocycles. The molecular weight excluding hydrogens is 309 g/mol. The van der Waals surface area contributed by atoms with E-state index >= 15 is 0 Å². The third-order valence-corrected chi connectivity index (χ3v) is 4.25. The summed E-state index contributed by atoms with van der Waals surface area (Å²) < 4.78 is 43.3. The number of benzene rings is 1. The van der Waals surface area contributed by atoms with E-state index in [4.69, 9.17) is 0 Å². The van der Waals surface area contributed by atoms with Crippen molar-refractivity contribution in [3.05, 3.63) is 23.8 Å². The number of ether oxygens (including phenoxy) is 1. The maximum Gasteiger partial charge on any atom is 0.416 e. The lowest BCUT2D eigenvalue weighted by Crippen LogP contribution is -2.34. The van der Waals surface area contributed by atoms with Crippen molar-refractivity contribution in [2.75, 3.05) is 24.4 Å². The lowest BCUT2D eigenvalue weighted by Gasteiger charge is -2.34. The fourth-order valence-electron chi connectivity index (χ4n) is 2.95. The van der Waals surface area contributed by atoms with E-state index < -0.39 is 17.8 Å². The fourth-order valence-corrected chi connectivity index (χ4v) is 2.95. The van der Waals surface area contributed by atoms with Crippen LogP contribution >= 0.6 is 0 Å². The first kappa shape index (κ1) is 17.4. The van der Waals surface area contributed by atoms with Gasteiger partial charge in [-0.15, -0.1) is 0 Å². The van der Waals surface area contributed by atoms with Crippen molar-refractivity contribution in [2.24, 2.45) is 0 Å². The molecule has 1 fully saturated rings. The minimum atomic E-state index is -4.46. The van der Waals surface area contributed by atoms with Crippen molar-refractivity contribution in [1.29, 1.82) is 0 Å². The molecule has 0 atom stereocenters. The van der Waals surface area contributed by atoms with E-state index in [0.29, 0.717) is 5.69 Å². The molecule has 7 heteroatoms. The minimum absolute atomic E-state index is 0.111. The van der Waals surface area contributed by atoms with Gasteiger partial charge < -0.3 is 9.64 Å². The van der Waals surface area contributed by atoms with E-state index in [0.717, 1.165) is 37.8 Å². The average Bonchev–Trinajstić information content (AvgIpc) is 2.54. The molecule has 1 N–H and O–H groups in total. The molecule has 1 aromatic rings. The molecule has 0 unspecified atom stereocenters. The SMILES string of the molecule is COC(=O)Nc1cc(C(F)(F)F)ccc1N(C)C1CCCCC1. The van der Waals surface area contributed by atoms with Crippen LogP contribution in [0.25, 0.3) is 0 Å². The summed E-state index contributed by atoms with van der Waals surface area (Å²) in [4.78, 5) is 13.4. The van der Waals surface area contributed by atoms with Crippen molar-refractivity contribution in [3.8, 4) is 0 Å². The Balaban J connectivity index is 2.34. The summed E-state index contributed by atoms with van der Waals surface area (Å²) >= 11 is 0. The Morgan fingerprint density at radius 2 is 1.91 bits per heavy atom. The van der Waals surface area contributed by atoms with Crippen LogP contribution in [0.3, 0.4) is 0 Å². The first-order valence-electron chi connectivity index (χ1n) is 7.62. The minimum Gasteiger partial charge on any atom is -0.453 e. The molecule has 4 nitrogen and oxygen atoms in total. The van der Waals surface area contributed by atoms with Gasteiger partial charge in [0.2, 0.25) is 0 Å². The highest BCUT2D eigenvalue weighted by Gasteiger charge is 2.32. The zero-order chi connectivity index (χ0) is 17.0. The molecule has 0 aromatic heterocycles. The molecule has 0 radical (unpaired) electrons. The van der Waals surface area contributed by atoms with Crippen LogP contribution in [0.1, 0.15) is 37.7 Å². The highest BCUT2D eigenvalue weighted by molar-refractivity contribution is 5.90. The number of nitrogens with one attached hydrogen (secondary N) is 1. The topological polar surface area (TPSA) is 41.6 Å². The Bertz CT molecular complexity index is 555. The molecule has 1 aliphatic rings. The number of carbonyl (C=O) groups excluding carboxylic acids is 1. The first-order valence-corrected chi connectivity index (χ1v) is 7.62. The van der Waals surface area contributed by atoms with Crippen LogP contribution in [-0.4, -0.2) is 26.3 Å². The van der Waals surface area contributed by atoms with Crippen LogP contribution in [0, 0.1) is 0 Å². The molecule has 128 valence electrons. The van der Waals surface area contributed by atoms with Crippen LogP contribution in [0.4, 0.5) is 29.3 Å². The first-order chi connectivity index (χ1) is 10.8. The number of methoxy groups -OCH3 is 1. The Kier molecular flexibility index (Phi) is 5.38. The van der Waals surface area contributed by atoms with Gasteiger partial charge in [-0.25, -0.2) is 4.79 Å². The summed E-state index contributed by atoms with van der Waals surface area (Å²) in [5, 5.41) is 2.39. The van der Waals surface area contributed by atoms with Crippen molar-refractivity contribution < 1.29 is 22.7 Å². The van der Waals surface area contributed by atoms with E-state index in [-0.39, 0.29) is 11.7 Å². The number of anilines is 2. The zero-order valence-electron chi connectivity index (χ0n) is 13.2. The Morgan fingerprint density at radius 1 is 1.26 bits per heavy atom. The highest BCUT2D eigenvalue weighted by atomic mass is 19.4. The quantitative estimate of drug-likeness (QED) is 0.877. The summed E-state index contributed by atoms with van der Waals surface area (Å²) in [6.45, 7) is 0. The summed E-state index contributed by atoms with van der Waals surface area (Å²) in [7, 11) is 3.02. The van der Waals surface area contributed by atoms with Crippen LogP contribution in [0.5, 0.6) is 0 Å². The molecule has 0 aliphatic heterocycles. The van der Waals surface area contributed by atoms with Gasteiger partial charge >= 0.3 is 12.3 Å². The van der Waals surface area contributed by atoms with E-state index in [2.05, 4.69) is 10.1 Å². The number of carbonyl (C=O) groups is 1. The third-order valence-electron chi connectivity index (χ3n) is 4.25. The number of rotatable bonds is 3. The van der Waals surface area contributed by atoms with Gasteiger partial charge in [0, 0.05) is 13.1 Å². The van der Waals surface area contributed by atoms with E-state index in [9.17, 15) is 18.0 Å². The monoisotopic (exact) mass is 330 g/mol. The molecule has 1 saturated carbocycles. The third kappa shape index (κ3) is 4.30. The lowest BCUT2D eigenvalue weighted by molar-refractivity contribution is -0.137. The van der Waals surface area contributed by atoms with Gasteiger partial charge in [-0.2, -0.15) is 13.2 Å². The van der Waals surface area contributed by atoms with E-state index in [1.165, 1.54) is 19.6 Å². The predicted octanol–water partition coefficient (Wildman–Crippen LogP) is 4.65. The summed E-state index contributed by atoms with van der Waals surface area (Å²) in [6, 6.07) is 3.66. The van der Waals surface area contributed by atoms with Crippen LogP contribution in [0.15, 0.2) is 18.2 Å². The highest BCUT2D eigenvalue weighted by Crippen LogP contribution is 2.37. The van der Waals surface area contributed by atoms with Crippen molar-refractivity contribution in [1.82, 2.24) is 0 Å². The Labute approximate surface area is 133 Å². The van der Waals surface area contributed by atoms with Gasteiger partial charge in [0.05, 0.1) is 24.0 Å². The normalized spacial score (nSPS) is 16.0. The number of hydrogen-bond acceptors (Lipinski definition) is 3. The number of nitrogens with zero attached hydrogens (tertiary/aromatic N) is 1. The molecule has 2 rings (SSSR count). The Morgan fingerprint density at radius 3 is 2.48 bits per heavy atom. The predicted molar refractivity (Wildman–Crippen MR) is 82.7 cm³/mol. The molecule has 0 spiro atoms. The largest absolute Gasteiger partial charge is 0.453 e. The number of alkyl halides is 3. The summed E-state index contributed by atoms with van der Waals surface area (Å²) in [5.74, 6) is 0. The number of amides is 1.